The first-order valence-corrected chi connectivity index (χ1v) is 12.2. The van der Waals surface area contributed by atoms with Gasteiger partial charge >= 0.3 is 6.18 Å². The van der Waals surface area contributed by atoms with Crippen molar-refractivity contribution in [1.29, 1.82) is 0 Å². The monoisotopic (exact) mass is 463 g/mol. The molecule has 0 saturated carbocycles. The van der Waals surface area contributed by atoms with Crippen LogP contribution in [0.3, 0.4) is 0 Å². The number of ether oxygens (including phenoxy) is 1. The van der Waals surface area contributed by atoms with Crippen molar-refractivity contribution in [2.75, 3.05) is 18.0 Å². The third-order valence-corrected chi connectivity index (χ3v) is 8.23. The molecule has 1 aromatic heterocycles. The smallest absolute Gasteiger partial charge is 0.372 e. The van der Waals surface area contributed by atoms with Crippen LogP contribution in [0.4, 0.5) is 19.0 Å². The molecule has 0 amide bonds. The fourth-order valence-electron chi connectivity index (χ4n) is 4.26. The van der Waals surface area contributed by atoms with Gasteiger partial charge in [0.25, 0.3) is 0 Å². The van der Waals surface area contributed by atoms with Gasteiger partial charge in [-0.15, -0.1) is 0 Å². The van der Waals surface area contributed by atoms with E-state index in [0.29, 0.717) is 35.1 Å². The van der Waals surface area contributed by atoms with Crippen LogP contribution >= 0.6 is 10.9 Å². The van der Waals surface area contributed by atoms with Crippen molar-refractivity contribution in [1.82, 2.24) is 9.97 Å². The molecule has 0 spiro atoms. The summed E-state index contributed by atoms with van der Waals surface area (Å²) in [6, 6.07) is 6.36. The number of hydrogen-bond acceptors (Lipinski definition) is 4. The number of morpholine rings is 1. The zero-order valence-electron chi connectivity index (χ0n) is 18.6. The Morgan fingerprint density at radius 3 is 2.47 bits per heavy atom. The van der Waals surface area contributed by atoms with E-state index >= 15 is 0 Å². The van der Waals surface area contributed by atoms with Crippen molar-refractivity contribution in [3.05, 3.63) is 58.6 Å². The molecule has 172 valence electrons. The molecule has 0 aliphatic carbocycles. The average Bonchev–Trinajstić information content (AvgIpc) is 3.22. The van der Waals surface area contributed by atoms with Gasteiger partial charge in [0.05, 0.1) is 23.5 Å². The van der Waals surface area contributed by atoms with Gasteiger partial charge in [0.1, 0.15) is 12.1 Å². The molecule has 2 aliphatic heterocycles. The number of benzene rings is 1. The van der Waals surface area contributed by atoms with E-state index in [0.717, 1.165) is 4.91 Å². The van der Waals surface area contributed by atoms with Gasteiger partial charge in [-0.05, 0) is 42.2 Å². The van der Waals surface area contributed by atoms with Crippen LogP contribution in [0.1, 0.15) is 33.3 Å². The van der Waals surface area contributed by atoms with E-state index in [2.05, 4.69) is 14.9 Å². The highest BCUT2D eigenvalue weighted by Gasteiger charge is 2.36. The van der Waals surface area contributed by atoms with E-state index in [1.807, 2.05) is 45.3 Å². The second kappa shape index (κ2) is 8.90. The first kappa shape index (κ1) is 22.9. The lowest BCUT2D eigenvalue weighted by atomic mass is 10.1. The largest absolute Gasteiger partial charge is 0.417 e. The van der Waals surface area contributed by atoms with Crippen LogP contribution in [0.25, 0.3) is 11.3 Å². The number of hydrogen-bond donors (Lipinski definition) is 1. The predicted molar refractivity (Wildman–Crippen MR) is 124 cm³/mol. The maximum Gasteiger partial charge on any atom is 0.417 e. The zero-order valence-corrected chi connectivity index (χ0v) is 19.5. The second-order valence-corrected chi connectivity index (χ2v) is 10.6. The van der Waals surface area contributed by atoms with Crippen molar-refractivity contribution >= 4 is 16.7 Å². The van der Waals surface area contributed by atoms with Crippen LogP contribution in [0.15, 0.2) is 58.0 Å². The Balaban J connectivity index is 1.71. The van der Waals surface area contributed by atoms with E-state index in [9.17, 15) is 13.2 Å². The first-order chi connectivity index (χ1) is 15.1. The topological polar surface area (TPSA) is 38.2 Å². The number of nitrogens with zero attached hydrogens (tertiary/aromatic N) is 3. The Morgan fingerprint density at radius 1 is 1.09 bits per heavy atom. The van der Waals surface area contributed by atoms with Crippen LogP contribution < -0.4 is 4.90 Å². The molecular weight excluding hydrogens is 435 g/mol. The van der Waals surface area contributed by atoms with Crippen LogP contribution in [-0.4, -0.2) is 35.3 Å². The molecular formula is C24H28F3N3OS. The molecule has 0 bridgehead atoms. The molecule has 0 N–H and O–H groups in total. The third kappa shape index (κ3) is 4.71. The first-order valence-electron chi connectivity index (χ1n) is 10.7. The third-order valence-electron chi connectivity index (χ3n) is 5.63. The van der Waals surface area contributed by atoms with E-state index in [-0.39, 0.29) is 18.1 Å². The lowest BCUT2D eigenvalue weighted by molar-refractivity contribution is -0.139. The number of alkyl halides is 3. The number of thiol groups is 1. The fraction of sp³-hybridized carbons (Fsp3) is 0.417. The normalized spacial score (nSPS) is 24.8. The highest BCUT2D eigenvalue weighted by molar-refractivity contribution is 8.23. The van der Waals surface area contributed by atoms with Gasteiger partial charge in [0.15, 0.2) is 0 Å². The van der Waals surface area contributed by atoms with Crippen LogP contribution in [0, 0.1) is 5.92 Å². The Labute approximate surface area is 189 Å². The molecule has 3 unspecified atom stereocenters. The van der Waals surface area contributed by atoms with Gasteiger partial charge in [0, 0.05) is 29.6 Å². The minimum absolute atomic E-state index is 0.0540. The minimum atomic E-state index is -4.45. The van der Waals surface area contributed by atoms with Crippen molar-refractivity contribution < 1.29 is 17.9 Å². The van der Waals surface area contributed by atoms with E-state index in [1.54, 1.807) is 18.2 Å². The van der Waals surface area contributed by atoms with Gasteiger partial charge in [0.2, 0.25) is 0 Å². The maximum absolute atomic E-state index is 14.1. The number of halogens is 3. The molecule has 4 nitrogen and oxygen atoms in total. The number of aromatic nitrogens is 2. The molecule has 2 aliphatic rings. The fourth-order valence-corrected chi connectivity index (χ4v) is 6.62. The quantitative estimate of drug-likeness (QED) is 0.548. The Bertz CT molecular complexity index is 1040. The highest BCUT2D eigenvalue weighted by Crippen LogP contribution is 2.55. The summed E-state index contributed by atoms with van der Waals surface area (Å²) in [4.78, 5) is 12.1. The van der Waals surface area contributed by atoms with Crippen molar-refractivity contribution in [3.63, 3.8) is 0 Å². The molecule has 1 aromatic carbocycles. The summed E-state index contributed by atoms with van der Waals surface area (Å²) in [6.07, 6.45) is 0.898. The van der Waals surface area contributed by atoms with Gasteiger partial charge in [-0.25, -0.2) is 9.97 Å². The Kier molecular flexibility index (Phi) is 6.36. The van der Waals surface area contributed by atoms with Gasteiger partial charge in [-0.2, -0.15) is 24.1 Å². The van der Waals surface area contributed by atoms with Crippen LogP contribution in [-0.2, 0) is 10.9 Å². The Morgan fingerprint density at radius 2 is 1.81 bits per heavy atom. The molecule has 1 saturated heterocycles. The van der Waals surface area contributed by atoms with Crippen molar-refractivity contribution in [2.24, 2.45) is 5.92 Å². The van der Waals surface area contributed by atoms with E-state index in [4.69, 9.17) is 4.74 Å². The number of allylic oxidation sites excluding steroid dienone is 3. The van der Waals surface area contributed by atoms with Gasteiger partial charge < -0.3 is 9.64 Å². The summed E-state index contributed by atoms with van der Waals surface area (Å²) in [7, 11) is -1.13. The van der Waals surface area contributed by atoms with Crippen molar-refractivity contribution in [2.45, 2.75) is 51.0 Å². The molecule has 1 fully saturated rings. The molecule has 8 heteroatoms. The highest BCUT2D eigenvalue weighted by atomic mass is 32.2. The van der Waals surface area contributed by atoms with Gasteiger partial charge in [-0.1, -0.05) is 32.1 Å². The lowest BCUT2D eigenvalue weighted by Gasteiger charge is -2.36. The number of anilines is 1. The molecule has 3 heterocycles. The van der Waals surface area contributed by atoms with E-state index in [1.165, 1.54) is 12.4 Å². The summed E-state index contributed by atoms with van der Waals surface area (Å²) in [5.74, 6) is 0.891. The predicted octanol–water partition coefficient (Wildman–Crippen LogP) is 6.20. The summed E-state index contributed by atoms with van der Waals surface area (Å²) < 4.78 is 48.1. The van der Waals surface area contributed by atoms with Crippen LogP contribution in [0.5, 0.6) is 0 Å². The molecule has 32 heavy (non-hydrogen) atoms. The van der Waals surface area contributed by atoms with Crippen LogP contribution in [0.2, 0.25) is 0 Å². The van der Waals surface area contributed by atoms with Crippen molar-refractivity contribution in [3.8, 4) is 11.3 Å². The minimum Gasteiger partial charge on any atom is -0.372 e. The average molecular weight is 464 g/mol. The van der Waals surface area contributed by atoms with Gasteiger partial charge in [-0.3, -0.25) is 0 Å². The molecule has 2 aromatic rings. The molecule has 3 atom stereocenters. The molecule has 0 radical (unpaired) electrons. The summed E-state index contributed by atoms with van der Waals surface area (Å²) in [6.45, 7) is 9.39. The zero-order chi connectivity index (χ0) is 23.0. The summed E-state index contributed by atoms with van der Waals surface area (Å²) in [5.41, 5.74) is 0.327. The van der Waals surface area contributed by atoms with E-state index < -0.39 is 22.6 Å². The second-order valence-electron chi connectivity index (χ2n) is 8.61. The maximum atomic E-state index is 14.1. The summed E-state index contributed by atoms with van der Waals surface area (Å²) in [5, 5.41) is 1.90. The SMILES string of the molecule is CC1CN(c2cc(-c3ccc([SH]4C=CC=C4C(C)C)c(C(F)(F)F)c3)ncn2)CC(C)O1. The standard InChI is InChI=1S/C24H28F3N3OS/c1-15(2)21-6-5-9-32(21)22-8-7-18(10-19(22)24(25,26)27)20-11-23(29-14-28-20)30-12-16(3)31-17(4)13-30/h5-11,14-17,32H,12-13H2,1-4H3. The molecule has 4 rings (SSSR count). The number of rotatable bonds is 4. The summed E-state index contributed by atoms with van der Waals surface area (Å²) >= 11 is 0. The lowest BCUT2D eigenvalue weighted by Crippen LogP contribution is -2.45. The Hall–Kier alpha value is -2.32.